The summed E-state index contributed by atoms with van der Waals surface area (Å²) in [5.41, 5.74) is 3.83. The predicted octanol–water partition coefficient (Wildman–Crippen LogP) is 4.46. The van der Waals surface area contributed by atoms with Crippen LogP contribution in [0, 0.1) is 0 Å². The molecular formula is C22H16N2O2. The summed E-state index contributed by atoms with van der Waals surface area (Å²) in [7, 11) is 0. The third-order valence-electron chi connectivity index (χ3n) is 4.28. The van der Waals surface area contributed by atoms with Gasteiger partial charge in [0.25, 0.3) is 5.91 Å². The van der Waals surface area contributed by atoms with Crippen molar-refractivity contribution in [1.29, 1.82) is 0 Å². The summed E-state index contributed by atoms with van der Waals surface area (Å²) in [5.74, 6) is -0.330. The fourth-order valence-corrected chi connectivity index (χ4v) is 3.06. The van der Waals surface area contributed by atoms with E-state index in [-0.39, 0.29) is 11.7 Å². The second-order valence-corrected chi connectivity index (χ2v) is 5.98. The molecule has 0 aromatic heterocycles. The molecule has 4 nitrogen and oxygen atoms in total. The molecule has 2 N–H and O–H groups in total. The fraction of sp³-hybridized carbons (Fsp3) is 0. The van der Waals surface area contributed by atoms with E-state index in [2.05, 4.69) is 28.7 Å². The van der Waals surface area contributed by atoms with Gasteiger partial charge in [-0.15, -0.1) is 0 Å². The summed E-state index contributed by atoms with van der Waals surface area (Å²) in [6.45, 7) is 0. The molecular weight excluding hydrogens is 324 g/mol. The molecule has 126 valence electrons. The van der Waals surface area contributed by atoms with Crippen LogP contribution in [-0.2, 0) is 0 Å². The number of benzene rings is 4. The molecule has 0 spiro atoms. The predicted molar refractivity (Wildman–Crippen MR) is 105 cm³/mol. The molecule has 4 aromatic rings. The van der Waals surface area contributed by atoms with Crippen molar-refractivity contribution in [3.63, 3.8) is 0 Å². The van der Waals surface area contributed by atoms with Crippen LogP contribution in [0.5, 0.6) is 5.75 Å². The Kier molecular flexibility index (Phi) is 4.07. The molecule has 0 aliphatic heterocycles. The number of phenolic OH excluding ortho intramolecular Hbond substituents is 1. The van der Waals surface area contributed by atoms with Crippen molar-refractivity contribution in [2.24, 2.45) is 5.10 Å². The first-order valence-corrected chi connectivity index (χ1v) is 8.25. The highest BCUT2D eigenvalue weighted by Gasteiger charge is 2.07. The van der Waals surface area contributed by atoms with Gasteiger partial charge in [0.2, 0.25) is 0 Å². The topological polar surface area (TPSA) is 61.7 Å². The summed E-state index contributed by atoms with van der Waals surface area (Å²) in [6.07, 6.45) is 1.67. The number of nitrogens with one attached hydrogen (secondary N) is 1. The number of carbonyl (C=O) groups excluding carboxylic acids is 1. The van der Waals surface area contributed by atoms with Gasteiger partial charge in [0, 0.05) is 11.1 Å². The monoisotopic (exact) mass is 340 g/mol. The number of amides is 1. The number of hydrogen-bond acceptors (Lipinski definition) is 3. The zero-order chi connectivity index (χ0) is 17.9. The first-order valence-electron chi connectivity index (χ1n) is 8.25. The van der Waals surface area contributed by atoms with Crippen molar-refractivity contribution in [2.45, 2.75) is 0 Å². The lowest BCUT2D eigenvalue weighted by Gasteiger charge is -2.08. The molecule has 0 saturated heterocycles. The first kappa shape index (κ1) is 15.8. The molecule has 4 aromatic carbocycles. The maximum atomic E-state index is 12.2. The highest BCUT2D eigenvalue weighted by atomic mass is 16.3. The summed E-state index contributed by atoms with van der Waals surface area (Å²) < 4.78 is 0. The van der Waals surface area contributed by atoms with Gasteiger partial charge in [-0.25, -0.2) is 5.43 Å². The van der Waals surface area contributed by atoms with Crippen LogP contribution in [0.1, 0.15) is 15.9 Å². The second-order valence-electron chi connectivity index (χ2n) is 5.98. The number of hydrogen-bond donors (Lipinski definition) is 2. The molecule has 0 aliphatic carbocycles. The van der Waals surface area contributed by atoms with Gasteiger partial charge in [-0.05, 0) is 45.8 Å². The number of hydrazone groups is 1. The zero-order valence-corrected chi connectivity index (χ0v) is 13.9. The van der Waals surface area contributed by atoms with Gasteiger partial charge < -0.3 is 5.11 Å². The van der Waals surface area contributed by atoms with Crippen LogP contribution < -0.4 is 5.43 Å². The number of nitrogens with zero attached hydrogens (tertiary/aromatic N) is 1. The van der Waals surface area contributed by atoms with Crippen molar-refractivity contribution in [3.05, 3.63) is 90.0 Å². The Balaban J connectivity index is 1.71. The van der Waals surface area contributed by atoms with Crippen LogP contribution in [0.15, 0.2) is 84.0 Å². The Morgan fingerprint density at radius 1 is 0.846 bits per heavy atom. The lowest BCUT2D eigenvalue weighted by molar-refractivity contribution is 0.0954. The van der Waals surface area contributed by atoms with Gasteiger partial charge in [0.05, 0.1) is 6.21 Å². The molecule has 26 heavy (non-hydrogen) atoms. The minimum absolute atomic E-state index is 0.0432. The average molecular weight is 340 g/mol. The van der Waals surface area contributed by atoms with Crippen molar-refractivity contribution in [3.8, 4) is 5.75 Å². The van der Waals surface area contributed by atoms with E-state index in [1.54, 1.807) is 18.3 Å². The molecule has 0 atom stereocenters. The summed E-state index contributed by atoms with van der Waals surface area (Å²) in [5, 5.41) is 18.0. The lowest BCUT2D eigenvalue weighted by Crippen LogP contribution is -2.17. The SMILES string of the molecule is O=C(N/N=C\c1c2ccccc2cc2ccccc12)c1cccc(O)c1. The van der Waals surface area contributed by atoms with Crippen LogP contribution in [0.4, 0.5) is 0 Å². The van der Waals surface area contributed by atoms with Gasteiger partial charge in [-0.2, -0.15) is 5.10 Å². The lowest BCUT2D eigenvalue weighted by atomic mass is 9.97. The van der Waals surface area contributed by atoms with E-state index in [0.29, 0.717) is 5.56 Å². The summed E-state index contributed by atoms with van der Waals surface area (Å²) >= 11 is 0. The van der Waals surface area contributed by atoms with Crippen LogP contribution >= 0.6 is 0 Å². The zero-order valence-electron chi connectivity index (χ0n) is 13.9. The minimum Gasteiger partial charge on any atom is -0.508 e. The quantitative estimate of drug-likeness (QED) is 0.328. The van der Waals surface area contributed by atoms with Crippen molar-refractivity contribution < 1.29 is 9.90 Å². The maximum Gasteiger partial charge on any atom is 0.271 e. The molecule has 0 aliphatic rings. The van der Waals surface area contributed by atoms with Gasteiger partial charge in [0.1, 0.15) is 5.75 Å². The third-order valence-corrected chi connectivity index (χ3v) is 4.28. The third kappa shape index (κ3) is 3.00. The molecule has 4 heteroatoms. The largest absolute Gasteiger partial charge is 0.508 e. The van der Waals surface area contributed by atoms with Crippen LogP contribution in [0.3, 0.4) is 0 Å². The molecule has 0 unspecified atom stereocenters. The molecule has 0 bridgehead atoms. The van der Waals surface area contributed by atoms with Crippen LogP contribution in [0.25, 0.3) is 21.5 Å². The first-order chi connectivity index (χ1) is 12.7. The summed E-state index contributed by atoms with van der Waals surface area (Å²) in [6, 6.07) is 24.5. The Morgan fingerprint density at radius 3 is 2.15 bits per heavy atom. The number of phenols is 1. The Labute approximate surface area is 150 Å². The van der Waals surface area contributed by atoms with E-state index in [0.717, 1.165) is 27.1 Å². The number of fused-ring (bicyclic) bond motifs is 2. The Bertz CT molecular complexity index is 1100. The van der Waals surface area contributed by atoms with E-state index in [4.69, 9.17) is 0 Å². The Hall–Kier alpha value is -3.66. The number of aromatic hydroxyl groups is 1. The molecule has 0 fully saturated rings. The standard InChI is InChI=1S/C22H16N2O2/c25-18-9-5-8-17(13-18)22(26)24-23-14-21-19-10-3-1-6-15(19)12-16-7-2-4-11-20(16)21/h1-14,25H,(H,24,26)/b23-14-. The normalized spacial score (nSPS) is 11.2. The van der Waals surface area contributed by atoms with E-state index in [1.165, 1.54) is 12.1 Å². The van der Waals surface area contributed by atoms with E-state index in [9.17, 15) is 9.90 Å². The van der Waals surface area contributed by atoms with Gasteiger partial charge in [-0.3, -0.25) is 4.79 Å². The van der Waals surface area contributed by atoms with E-state index >= 15 is 0 Å². The van der Waals surface area contributed by atoms with Crippen molar-refractivity contribution >= 4 is 33.7 Å². The molecule has 0 heterocycles. The second kappa shape index (κ2) is 6.69. The highest BCUT2D eigenvalue weighted by molar-refractivity contribution is 6.13. The summed E-state index contributed by atoms with van der Waals surface area (Å²) in [4.78, 5) is 12.2. The van der Waals surface area contributed by atoms with Gasteiger partial charge >= 0.3 is 0 Å². The minimum atomic E-state index is -0.373. The molecule has 0 radical (unpaired) electrons. The molecule has 4 rings (SSSR count). The van der Waals surface area contributed by atoms with Crippen LogP contribution in [-0.4, -0.2) is 17.2 Å². The van der Waals surface area contributed by atoms with E-state index < -0.39 is 0 Å². The van der Waals surface area contributed by atoms with E-state index in [1.807, 2.05) is 36.4 Å². The average Bonchev–Trinajstić information content (AvgIpc) is 2.67. The maximum absolute atomic E-state index is 12.2. The number of rotatable bonds is 3. The Morgan fingerprint density at radius 2 is 1.50 bits per heavy atom. The molecule has 0 saturated carbocycles. The highest BCUT2D eigenvalue weighted by Crippen LogP contribution is 2.27. The van der Waals surface area contributed by atoms with Crippen molar-refractivity contribution in [2.75, 3.05) is 0 Å². The fourth-order valence-electron chi connectivity index (χ4n) is 3.06. The van der Waals surface area contributed by atoms with Gasteiger partial charge in [0.15, 0.2) is 0 Å². The van der Waals surface area contributed by atoms with Crippen molar-refractivity contribution in [1.82, 2.24) is 5.43 Å². The van der Waals surface area contributed by atoms with Gasteiger partial charge in [-0.1, -0.05) is 54.6 Å². The number of carbonyl (C=O) groups is 1. The molecule has 1 amide bonds. The smallest absolute Gasteiger partial charge is 0.271 e. The van der Waals surface area contributed by atoms with Crippen LogP contribution in [0.2, 0.25) is 0 Å².